The van der Waals surface area contributed by atoms with Gasteiger partial charge in [-0.05, 0) is 54.9 Å². The number of pyridine rings is 1. The summed E-state index contributed by atoms with van der Waals surface area (Å²) >= 11 is 13.9. The monoisotopic (exact) mass is 497 g/mol. The lowest BCUT2D eigenvalue weighted by Crippen LogP contribution is -2.40. The van der Waals surface area contributed by atoms with Gasteiger partial charge in [-0.15, -0.1) is 0 Å². The maximum Gasteiger partial charge on any atom is 0.267 e. The molecule has 1 aliphatic carbocycles. The van der Waals surface area contributed by atoms with Gasteiger partial charge in [-0.3, -0.25) is 14.7 Å². The van der Waals surface area contributed by atoms with Crippen LogP contribution in [-0.4, -0.2) is 27.0 Å². The molecule has 0 atom stereocenters. The van der Waals surface area contributed by atoms with Gasteiger partial charge in [-0.25, -0.2) is 4.99 Å². The summed E-state index contributed by atoms with van der Waals surface area (Å²) in [5.74, 6) is 1.20. The van der Waals surface area contributed by atoms with Gasteiger partial charge >= 0.3 is 0 Å². The molecule has 2 aromatic heterocycles. The Labute approximate surface area is 206 Å². The minimum atomic E-state index is -0.0495. The van der Waals surface area contributed by atoms with Crippen molar-refractivity contribution < 1.29 is 9.21 Å². The first-order chi connectivity index (χ1) is 16.1. The molecule has 0 bridgehead atoms. The largest absolute Gasteiger partial charge is 0.457 e. The van der Waals surface area contributed by atoms with Crippen LogP contribution >= 0.6 is 35.0 Å². The van der Waals surface area contributed by atoms with Gasteiger partial charge in [0.25, 0.3) is 5.91 Å². The van der Waals surface area contributed by atoms with Crippen molar-refractivity contribution in [3.8, 4) is 11.3 Å². The summed E-state index contributed by atoms with van der Waals surface area (Å²) in [5.41, 5.74) is 1.41. The molecule has 1 saturated carbocycles. The Morgan fingerprint density at radius 3 is 2.67 bits per heavy atom. The first kappa shape index (κ1) is 22.3. The van der Waals surface area contributed by atoms with Crippen LogP contribution in [0.3, 0.4) is 0 Å². The van der Waals surface area contributed by atoms with E-state index in [1.807, 2.05) is 41.3 Å². The molecule has 0 spiro atoms. The average Bonchev–Trinajstić information content (AvgIpc) is 3.41. The molecule has 2 fully saturated rings. The zero-order valence-electron chi connectivity index (χ0n) is 17.7. The second kappa shape index (κ2) is 9.75. The second-order valence-electron chi connectivity index (χ2n) is 7.98. The predicted octanol–water partition coefficient (Wildman–Crippen LogP) is 7.59. The van der Waals surface area contributed by atoms with Crippen LogP contribution in [0, 0.1) is 0 Å². The van der Waals surface area contributed by atoms with Gasteiger partial charge in [0.2, 0.25) is 0 Å². The van der Waals surface area contributed by atoms with Crippen LogP contribution < -0.4 is 0 Å². The highest BCUT2D eigenvalue weighted by Gasteiger charge is 2.39. The number of hydrogen-bond acceptors (Lipinski definition) is 5. The fourth-order valence-corrected chi connectivity index (χ4v) is 5.58. The Bertz CT molecular complexity index is 1250. The molecule has 3 heterocycles. The van der Waals surface area contributed by atoms with E-state index in [0.717, 1.165) is 31.2 Å². The number of aromatic nitrogens is 1. The highest BCUT2D eigenvalue weighted by Crippen LogP contribution is 2.40. The highest BCUT2D eigenvalue weighted by atomic mass is 35.5. The Morgan fingerprint density at radius 1 is 1.06 bits per heavy atom. The number of halogens is 2. The van der Waals surface area contributed by atoms with Gasteiger partial charge in [0.1, 0.15) is 11.5 Å². The quantitative estimate of drug-likeness (QED) is 0.348. The first-order valence-electron chi connectivity index (χ1n) is 10.9. The molecule has 1 saturated heterocycles. The number of amides is 1. The minimum Gasteiger partial charge on any atom is -0.457 e. The molecule has 168 valence electrons. The summed E-state index contributed by atoms with van der Waals surface area (Å²) < 4.78 is 6.00. The molecular formula is C25H21Cl2N3O2S. The smallest absolute Gasteiger partial charge is 0.267 e. The van der Waals surface area contributed by atoms with E-state index in [4.69, 9.17) is 32.6 Å². The van der Waals surface area contributed by atoms with Crippen molar-refractivity contribution in [1.82, 2.24) is 9.88 Å². The van der Waals surface area contributed by atoms with E-state index in [-0.39, 0.29) is 11.9 Å². The van der Waals surface area contributed by atoms with E-state index in [1.165, 1.54) is 18.2 Å². The number of thioether (sulfide) groups is 1. The van der Waals surface area contributed by atoms with E-state index >= 15 is 0 Å². The lowest BCUT2D eigenvalue weighted by Gasteiger charge is -2.30. The van der Waals surface area contributed by atoms with Gasteiger partial charge in [-0.2, -0.15) is 0 Å². The molecule has 1 amide bonds. The third kappa shape index (κ3) is 4.74. The van der Waals surface area contributed by atoms with Crippen LogP contribution in [0.4, 0.5) is 5.69 Å². The van der Waals surface area contributed by atoms with E-state index in [0.29, 0.717) is 37.3 Å². The van der Waals surface area contributed by atoms with Crippen LogP contribution in [-0.2, 0) is 4.79 Å². The summed E-state index contributed by atoms with van der Waals surface area (Å²) in [6.07, 6.45) is 10.4. The number of hydrogen-bond donors (Lipinski definition) is 0. The standard InChI is InChI=1S/C25H21Cl2N3O2S/c26-19-9-5-4-8-18(19)22-11-10-17(32-22)14-23-24(31)30(16-6-2-1-3-7-16)25(33-23)29-21-12-13-28-15-20(21)27/h4-5,8-16H,1-3,6-7H2/b23-14+,29-25?. The molecule has 3 aromatic rings. The maximum absolute atomic E-state index is 13.5. The summed E-state index contributed by atoms with van der Waals surface area (Å²) in [6, 6.07) is 13.1. The van der Waals surface area contributed by atoms with Crippen molar-refractivity contribution in [3.05, 3.63) is 75.6 Å². The molecule has 1 aromatic carbocycles. The molecule has 2 aliphatic rings. The number of benzene rings is 1. The number of rotatable bonds is 4. The van der Waals surface area contributed by atoms with E-state index in [9.17, 15) is 4.79 Å². The predicted molar refractivity (Wildman–Crippen MR) is 135 cm³/mol. The highest BCUT2D eigenvalue weighted by molar-refractivity contribution is 8.18. The van der Waals surface area contributed by atoms with Gasteiger partial charge < -0.3 is 4.42 Å². The molecule has 0 unspecified atom stereocenters. The Morgan fingerprint density at radius 2 is 1.88 bits per heavy atom. The van der Waals surface area contributed by atoms with Gasteiger partial charge in [0.15, 0.2) is 5.17 Å². The van der Waals surface area contributed by atoms with Crippen LogP contribution in [0.15, 0.2) is 69.2 Å². The molecule has 0 radical (unpaired) electrons. The van der Waals surface area contributed by atoms with Crippen LogP contribution in [0.2, 0.25) is 10.0 Å². The fraction of sp³-hybridized carbons (Fsp3) is 0.240. The van der Waals surface area contributed by atoms with E-state index in [1.54, 1.807) is 24.5 Å². The van der Waals surface area contributed by atoms with Crippen molar-refractivity contribution in [2.75, 3.05) is 0 Å². The maximum atomic E-state index is 13.5. The zero-order valence-corrected chi connectivity index (χ0v) is 20.0. The number of carbonyl (C=O) groups is 1. The van der Waals surface area contributed by atoms with Gasteiger partial charge in [-0.1, -0.05) is 54.6 Å². The van der Waals surface area contributed by atoms with E-state index < -0.39 is 0 Å². The van der Waals surface area contributed by atoms with Crippen molar-refractivity contribution >= 4 is 57.8 Å². The van der Waals surface area contributed by atoms with Crippen molar-refractivity contribution in [1.29, 1.82) is 0 Å². The Kier molecular flexibility index (Phi) is 6.58. The second-order valence-corrected chi connectivity index (χ2v) is 9.80. The van der Waals surface area contributed by atoms with Gasteiger partial charge in [0, 0.05) is 30.1 Å². The molecule has 33 heavy (non-hydrogen) atoms. The lowest BCUT2D eigenvalue weighted by atomic mass is 9.94. The fourth-order valence-electron chi connectivity index (χ4n) is 4.15. The van der Waals surface area contributed by atoms with Gasteiger partial charge in [0.05, 0.1) is 20.6 Å². The SMILES string of the molecule is O=C1/C(=C\c2ccc(-c3ccccc3Cl)o2)SC(=Nc2ccncc2Cl)N1C1CCCCC1. The number of amidine groups is 1. The zero-order chi connectivity index (χ0) is 22.8. The molecule has 5 rings (SSSR count). The first-order valence-corrected chi connectivity index (χ1v) is 12.4. The lowest BCUT2D eigenvalue weighted by molar-refractivity contribution is -0.124. The molecular weight excluding hydrogens is 477 g/mol. The molecule has 8 heteroatoms. The van der Waals surface area contributed by atoms with E-state index in [2.05, 4.69) is 4.98 Å². The minimum absolute atomic E-state index is 0.0495. The van der Waals surface area contributed by atoms with Crippen LogP contribution in [0.5, 0.6) is 0 Å². The van der Waals surface area contributed by atoms with Crippen molar-refractivity contribution in [2.24, 2.45) is 4.99 Å². The van der Waals surface area contributed by atoms with Crippen LogP contribution in [0.1, 0.15) is 37.9 Å². The number of aliphatic imine (C=N–C) groups is 1. The normalized spacial score (nSPS) is 19.7. The molecule has 0 N–H and O–H groups in total. The number of furan rings is 1. The summed E-state index contributed by atoms with van der Waals surface area (Å²) in [6.45, 7) is 0. The summed E-state index contributed by atoms with van der Waals surface area (Å²) in [7, 11) is 0. The summed E-state index contributed by atoms with van der Waals surface area (Å²) in [4.78, 5) is 24.7. The Hall–Kier alpha value is -2.54. The molecule has 1 aliphatic heterocycles. The third-order valence-electron chi connectivity index (χ3n) is 5.78. The molecule has 5 nitrogen and oxygen atoms in total. The Balaban J connectivity index is 1.48. The van der Waals surface area contributed by atoms with Crippen LogP contribution in [0.25, 0.3) is 17.4 Å². The third-order valence-corrected chi connectivity index (χ3v) is 7.39. The summed E-state index contributed by atoms with van der Waals surface area (Å²) in [5, 5.41) is 1.71. The average molecular weight is 498 g/mol. The number of carbonyl (C=O) groups excluding carboxylic acids is 1. The van der Waals surface area contributed by atoms with Crippen molar-refractivity contribution in [2.45, 2.75) is 38.1 Å². The topological polar surface area (TPSA) is 58.7 Å². The van der Waals surface area contributed by atoms with Crippen molar-refractivity contribution in [3.63, 3.8) is 0 Å². The number of nitrogens with zero attached hydrogens (tertiary/aromatic N) is 3.